The summed E-state index contributed by atoms with van der Waals surface area (Å²) < 4.78 is 4.88. The van der Waals surface area contributed by atoms with E-state index in [9.17, 15) is 4.79 Å². The highest BCUT2D eigenvalue weighted by molar-refractivity contribution is 5.92. The van der Waals surface area contributed by atoms with Gasteiger partial charge in [0.2, 0.25) is 0 Å². The van der Waals surface area contributed by atoms with Crippen molar-refractivity contribution in [1.82, 2.24) is 4.98 Å². The zero-order valence-electron chi connectivity index (χ0n) is 9.64. The Labute approximate surface area is 99.4 Å². The third-order valence-corrected chi connectivity index (χ3v) is 2.48. The maximum Gasteiger partial charge on any atom is 0.311 e. The molecule has 0 bridgehead atoms. The van der Waals surface area contributed by atoms with Crippen LogP contribution in [0.2, 0.25) is 0 Å². The molecule has 1 aromatic heterocycles. The molecule has 1 aromatic carbocycles. The number of fused-ring (bicyclic) bond motifs is 1. The van der Waals surface area contributed by atoms with E-state index in [0.717, 1.165) is 10.8 Å². The average molecular weight is 230 g/mol. The number of benzene rings is 1. The third-order valence-electron chi connectivity index (χ3n) is 2.48. The van der Waals surface area contributed by atoms with Gasteiger partial charge in [-0.25, -0.2) is 0 Å². The van der Waals surface area contributed by atoms with Crippen molar-refractivity contribution in [2.75, 3.05) is 12.3 Å². The number of nitrogen functional groups attached to an aromatic ring is 1. The molecular weight excluding hydrogens is 216 g/mol. The minimum absolute atomic E-state index is 0.179. The minimum atomic E-state index is -0.270. The van der Waals surface area contributed by atoms with Crippen molar-refractivity contribution >= 4 is 22.4 Å². The van der Waals surface area contributed by atoms with E-state index in [4.69, 9.17) is 10.5 Å². The van der Waals surface area contributed by atoms with Gasteiger partial charge in [-0.1, -0.05) is 12.1 Å². The number of hydrogen-bond donors (Lipinski definition) is 1. The zero-order valence-corrected chi connectivity index (χ0v) is 9.64. The Balaban J connectivity index is 2.31. The molecular formula is C13H14N2O2. The lowest BCUT2D eigenvalue weighted by Crippen LogP contribution is -2.08. The Morgan fingerprint density at radius 1 is 1.47 bits per heavy atom. The molecule has 2 aromatic rings. The highest BCUT2D eigenvalue weighted by Crippen LogP contribution is 2.20. The number of esters is 1. The van der Waals surface area contributed by atoms with Gasteiger partial charge in [-0.2, -0.15) is 0 Å². The number of carbonyl (C=O) groups is 1. The predicted molar refractivity (Wildman–Crippen MR) is 66.5 cm³/mol. The Hall–Kier alpha value is -2.10. The van der Waals surface area contributed by atoms with E-state index in [-0.39, 0.29) is 12.4 Å². The Morgan fingerprint density at radius 2 is 2.29 bits per heavy atom. The number of anilines is 1. The van der Waals surface area contributed by atoms with Gasteiger partial charge in [-0.05, 0) is 19.1 Å². The van der Waals surface area contributed by atoms with Crippen LogP contribution >= 0.6 is 0 Å². The fraction of sp³-hybridized carbons (Fsp3) is 0.231. The van der Waals surface area contributed by atoms with Gasteiger partial charge in [-0.3, -0.25) is 9.78 Å². The molecule has 4 heteroatoms. The van der Waals surface area contributed by atoms with Gasteiger partial charge in [0.15, 0.2) is 0 Å². The van der Waals surface area contributed by atoms with Crippen molar-refractivity contribution in [2.45, 2.75) is 13.3 Å². The van der Waals surface area contributed by atoms with E-state index < -0.39 is 0 Å². The lowest BCUT2D eigenvalue weighted by Gasteiger charge is -2.05. The summed E-state index contributed by atoms with van der Waals surface area (Å²) >= 11 is 0. The molecule has 2 rings (SSSR count). The lowest BCUT2D eigenvalue weighted by molar-refractivity contribution is -0.142. The van der Waals surface area contributed by atoms with Crippen molar-refractivity contribution in [3.8, 4) is 0 Å². The summed E-state index contributed by atoms with van der Waals surface area (Å²) in [6.07, 6.45) is 1.90. The van der Waals surface area contributed by atoms with Crippen LogP contribution < -0.4 is 5.73 Å². The zero-order chi connectivity index (χ0) is 12.3. The minimum Gasteiger partial charge on any atom is -0.466 e. The van der Waals surface area contributed by atoms with E-state index in [2.05, 4.69) is 4.98 Å². The number of nitrogens with two attached hydrogens (primary N) is 1. The van der Waals surface area contributed by atoms with Gasteiger partial charge in [0.1, 0.15) is 0 Å². The van der Waals surface area contributed by atoms with Crippen LogP contribution in [-0.2, 0) is 16.0 Å². The Bertz CT molecular complexity index is 552. The normalized spacial score (nSPS) is 10.4. The largest absolute Gasteiger partial charge is 0.466 e. The summed E-state index contributed by atoms with van der Waals surface area (Å²) in [6, 6.07) is 7.48. The van der Waals surface area contributed by atoms with Crippen LogP contribution in [0.25, 0.3) is 10.8 Å². The average Bonchev–Trinajstić information content (AvgIpc) is 2.30. The first-order valence-electron chi connectivity index (χ1n) is 5.49. The molecule has 0 unspecified atom stereocenters. The first kappa shape index (κ1) is 11.4. The number of rotatable bonds is 3. The molecule has 0 aliphatic heterocycles. The van der Waals surface area contributed by atoms with Crippen molar-refractivity contribution in [3.05, 3.63) is 36.2 Å². The van der Waals surface area contributed by atoms with Crippen molar-refractivity contribution < 1.29 is 9.53 Å². The fourth-order valence-corrected chi connectivity index (χ4v) is 1.69. The van der Waals surface area contributed by atoms with Crippen molar-refractivity contribution in [1.29, 1.82) is 0 Å². The summed E-state index contributed by atoms with van der Waals surface area (Å²) in [5.74, 6) is -0.270. The van der Waals surface area contributed by atoms with Crippen LogP contribution in [0.4, 0.5) is 5.69 Å². The molecule has 0 atom stereocenters. The second kappa shape index (κ2) is 4.82. The van der Waals surface area contributed by atoms with Gasteiger partial charge >= 0.3 is 5.97 Å². The number of aromatic nitrogens is 1. The maximum absolute atomic E-state index is 11.3. The van der Waals surface area contributed by atoms with Crippen LogP contribution in [0.3, 0.4) is 0 Å². The molecule has 88 valence electrons. The summed E-state index contributed by atoms with van der Waals surface area (Å²) in [5, 5.41) is 1.89. The summed E-state index contributed by atoms with van der Waals surface area (Å²) in [4.78, 5) is 15.6. The van der Waals surface area contributed by atoms with Crippen LogP contribution in [0.15, 0.2) is 30.5 Å². The second-order valence-electron chi connectivity index (χ2n) is 3.73. The van der Waals surface area contributed by atoms with E-state index in [1.54, 1.807) is 13.1 Å². The van der Waals surface area contributed by atoms with Crippen LogP contribution in [0.5, 0.6) is 0 Å². The summed E-state index contributed by atoms with van der Waals surface area (Å²) in [7, 11) is 0. The van der Waals surface area contributed by atoms with E-state index in [1.165, 1.54) is 0 Å². The van der Waals surface area contributed by atoms with Crippen molar-refractivity contribution in [3.63, 3.8) is 0 Å². The molecule has 0 fully saturated rings. The van der Waals surface area contributed by atoms with Crippen LogP contribution in [0.1, 0.15) is 12.6 Å². The molecule has 0 saturated carbocycles. The molecule has 0 aliphatic rings. The molecule has 1 heterocycles. The monoisotopic (exact) mass is 230 g/mol. The predicted octanol–water partition coefficient (Wildman–Crippen LogP) is 1.92. The van der Waals surface area contributed by atoms with Gasteiger partial charge in [0, 0.05) is 22.7 Å². The van der Waals surface area contributed by atoms with Gasteiger partial charge < -0.3 is 10.5 Å². The molecule has 0 saturated heterocycles. The highest BCUT2D eigenvalue weighted by Gasteiger charge is 2.06. The molecule has 4 nitrogen and oxygen atoms in total. The molecule has 17 heavy (non-hydrogen) atoms. The Kier molecular flexibility index (Phi) is 3.23. The molecule has 2 N–H and O–H groups in total. The van der Waals surface area contributed by atoms with Gasteiger partial charge in [0.25, 0.3) is 0 Å². The number of nitrogens with zero attached hydrogens (tertiary/aromatic N) is 1. The molecule has 0 amide bonds. The second-order valence-corrected chi connectivity index (χ2v) is 3.73. The molecule has 0 radical (unpaired) electrons. The van der Waals surface area contributed by atoms with E-state index in [0.29, 0.717) is 18.0 Å². The number of hydrogen-bond acceptors (Lipinski definition) is 4. The maximum atomic E-state index is 11.3. The number of ether oxygens (including phenoxy) is 1. The SMILES string of the molecule is CCOC(=O)Cc1cc2c(N)cccc2cn1. The third kappa shape index (κ3) is 2.53. The molecule has 0 spiro atoms. The van der Waals surface area contributed by atoms with Crippen LogP contribution in [0, 0.1) is 0 Å². The van der Waals surface area contributed by atoms with Crippen molar-refractivity contribution in [2.24, 2.45) is 0 Å². The number of pyridine rings is 1. The highest BCUT2D eigenvalue weighted by atomic mass is 16.5. The van der Waals surface area contributed by atoms with E-state index >= 15 is 0 Å². The quantitative estimate of drug-likeness (QED) is 0.646. The summed E-state index contributed by atoms with van der Waals surface area (Å²) in [6.45, 7) is 2.16. The smallest absolute Gasteiger partial charge is 0.311 e. The standard InChI is InChI=1S/C13H14N2O2/c1-2-17-13(16)7-10-6-11-9(8-15-10)4-3-5-12(11)14/h3-6,8H,2,7,14H2,1H3. The fourth-order valence-electron chi connectivity index (χ4n) is 1.69. The first-order chi connectivity index (χ1) is 8.20. The van der Waals surface area contributed by atoms with E-state index in [1.807, 2.05) is 24.3 Å². The first-order valence-corrected chi connectivity index (χ1v) is 5.49. The lowest BCUT2D eigenvalue weighted by atomic mass is 10.1. The number of carbonyl (C=O) groups excluding carboxylic acids is 1. The summed E-state index contributed by atoms with van der Waals surface area (Å²) in [5.41, 5.74) is 7.24. The molecule has 0 aliphatic carbocycles. The Morgan fingerprint density at radius 3 is 3.06 bits per heavy atom. The van der Waals surface area contributed by atoms with Gasteiger partial charge in [0.05, 0.1) is 18.7 Å². The topological polar surface area (TPSA) is 65.2 Å². The van der Waals surface area contributed by atoms with Gasteiger partial charge in [-0.15, -0.1) is 0 Å². The van der Waals surface area contributed by atoms with Crippen LogP contribution in [-0.4, -0.2) is 17.6 Å².